The molecular formula is C27H37N3O5S. The van der Waals surface area contributed by atoms with Gasteiger partial charge in [-0.05, 0) is 66.6 Å². The monoisotopic (exact) mass is 515 g/mol. The second kappa shape index (κ2) is 12.1. The first-order chi connectivity index (χ1) is 17.4. The van der Waals surface area contributed by atoms with Gasteiger partial charge in [0.15, 0.2) is 0 Å². The number of hydrogen-bond acceptors (Lipinski definition) is 6. The Labute approximate surface area is 214 Å². The van der Waals surface area contributed by atoms with Gasteiger partial charge in [-0.1, -0.05) is 19.1 Å². The van der Waals surface area contributed by atoms with Crippen LogP contribution < -0.4 is 15.0 Å². The lowest BCUT2D eigenvalue weighted by Crippen LogP contribution is -2.40. The third kappa shape index (κ3) is 6.57. The number of anilines is 1. The highest BCUT2D eigenvalue weighted by Gasteiger charge is 2.27. The van der Waals surface area contributed by atoms with E-state index in [-0.39, 0.29) is 17.2 Å². The Morgan fingerprint density at radius 2 is 1.86 bits per heavy atom. The minimum absolute atomic E-state index is 0.0903. The molecule has 1 amide bonds. The first-order valence-corrected chi connectivity index (χ1v) is 14.2. The Bertz CT molecular complexity index is 1130. The highest BCUT2D eigenvalue weighted by Crippen LogP contribution is 2.26. The summed E-state index contributed by atoms with van der Waals surface area (Å²) in [6.45, 7) is 6.40. The van der Waals surface area contributed by atoms with Crippen molar-refractivity contribution in [1.82, 2.24) is 9.62 Å². The van der Waals surface area contributed by atoms with Crippen LogP contribution in [-0.4, -0.2) is 65.1 Å². The van der Waals surface area contributed by atoms with Crippen molar-refractivity contribution in [3.05, 3.63) is 53.6 Å². The number of benzene rings is 2. The van der Waals surface area contributed by atoms with Crippen LogP contribution in [0.15, 0.2) is 47.4 Å². The molecule has 0 spiro atoms. The number of ether oxygens (including phenoxy) is 2. The summed E-state index contributed by atoms with van der Waals surface area (Å²) in [5, 5.41) is 2.98. The number of nitrogens with one attached hydrogen (secondary N) is 1. The molecule has 0 radical (unpaired) electrons. The molecule has 2 aromatic carbocycles. The number of morpholine rings is 1. The number of carbonyl (C=O) groups is 1. The predicted molar refractivity (Wildman–Crippen MR) is 140 cm³/mol. The largest absolute Gasteiger partial charge is 0.496 e. The van der Waals surface area contributed by atoms with Crippen LogP contribution in [0.25, 0.3) is 0 Å². The topological polar surface area (TPSA) is 88.2 Å². The maximum atomic E-state index is 13.0. The fourth-order valence-electron chi connectivity index (χ4n) is 4.83. The van der Waals surface area contributed by atoms with Gasteiger partial charge in [-0.3, -0.25) is 4.79 Å². The smallest absolute Gasteiger partial charge is 0.243 e. The Kier molecular flexibility index (Phi) is 8.87. The molecule has 2 heterocycles. The number of methoxy groups -OCH3 is 1. The van der Waals surface area contributed by atoms with Crippen LogP contribution >= 0.6 is 0 Å². The van der Waals surface area contributed by atoms with Crippen molar-refractivity contribution in [1.29, 1.82) is 0 Å². The van der Waals surface area contributed by atoms with Gasteiger partial charge >= 0.3 is 0 Å². The molecule has 1 atom stereocenters. The molecule has 0 aliphatic carbocycles. The Morgan fingerprint density at radius 3 is 2.56 bits per heavy atom. The normalized spacial score (nSPS) is 19.2. The summed E-state index contributed by atoms with van der Waals surface area (Å²) in [4.78, 5) is 15.2. The summed E-state index contributed by atoms with van der Waals surface area (Å²) in [5.74, 6) is 1.20. The van der Waals surface area contributed by atoms with Gasteiger partial charge in [0, 0.05) is 44.8 Å². The summed E-state index contributed by atoms with van der Waals surface area (Å²) >= 11 is 0. The average molecular weight is 516 g/mol. The molecule has 2 aromatic rings. The quantitative estimate of drug-likeness (QED) is 0.552. The molecule has 0 unspecified atom stereocenters. The van der Waals surface area contributed by atoms with Gasteiger partial charge in [0.1, 0.15) is 5.75 Å². The van der Waals surface area contributed by atoms with E-state index in [0.717, 1.165) is 24.6 Å². The van der Waals surface area contributed by atoms with Gasteiger partial charge in [-0.25, -0.2) is 8.42 Å². The van der Waals surface area contributed by atoms with E-state index in [2.05, 4.69) is 41.4 Å². The summed E-state index contributed by atoms with van der Waals surface area (Å²) in [6, 6.07) is 13.2. The maximum absolute atomic E-state index is 13.0. The number of nitrogens with zero attached hydrogens (tertiary/aromatic N) is 2. The van der Waals surface area contributed by atoms with Gasteiger partial charge in [-0.15, -0.1) is 0 Å². The first kappa shape index (κ1) is 26.4. The Balaban J connectivity index is 1.32. The van der Waals surface area contributed by atoms with Crippen molar-refractivity contribution in [2.45, 2.75) is 44.0 Å². The summed E-state index contributed by atoms with van der Waals surface area (Å²) < 4.78 is 38.2. The average Bonchev–Trinajstić information content (AvgIpc) is 2.91. The van der Waals surface area contributed by atoms with Crippen LogP contribution in [0.1, 0.15) is 37.3 Å². The molecule has 0 aromatic heterocycles. The van der Waals surface area contributed by atoms with Crippen LogP contribution in [-0.2, 0) is 32.5 Å². The lowest BCUT2D eigenvalue weighted by Gasteiger charge is -2.32. The zero-order chi connectivity index (χ0) is 25.5. The Morgan fingerprint density at radius 1 is 1.11 bits per heavy atom. The zero-order valence-electron chi connectivity index (χ0n) is 21.2. The maximum Gasteiger partial charge on any atom is 0.243 e. The number of aryl methyl sites for hydroxylation is 1. The number of sulfonamides is 1. The van der Waals surface area contributed by atoms with E-state index in [1.54, 1.807) is 25.3 Å². The van der Waals surface area contributed by atoms with E-state index in [4.69, 9.17) is 9.47 Å². The van der Waals surface area contributed by atoms with Crippen molar-refractivity contribution in [2.75, 3.05) is 51.4 Å². The standard InChI is InChI=1S/C27H37N3O5S/c1-21-4-3-13-29(20-21)24-8-5-22(6-9-24)19-28-27(31)12-7-23-18-25(10-11-26(23)34-2)36(32,33)30-14-16-35-17-15-30/h5-6,8-11,18,21H,3-4,7,12-17,19-20H2,1-2H3,(H,28,31)/t21-/m1/s1. The summed E-state index contributed by atoms with van der Waals surface area (Å²) in [5.41, 5.74) is 2.98. The van der Waals surface area contributed by atoms with Gasteiger partial charge < -0.3 is 19.7 Å². The number of rotatable bonds is 9. The van der Waals surface area contributed by atoms with E-state index in [0.29, 0.717) is 50.6 Å². The van der Waals surface area contributed by atoms with Gasteiger partial charge in [0.05, 0.1) is 25.2 Å². The molecule has 2 saturated heterocycles. The van der Waals surface area contributed by atoms with E-state index in [1.807, 2.05) is 0 Å². The number of amides is 1. The number of piperidine rings is 1. The SMILES string of the molecule is COc1ccc(S(=O)(=O)N2CCOCC2)cc1CCC(=O)NCc1ccc(N2CCC[C@@H](C)C2)cc1. The van der Waals surface area contributed by atoms with Crippen molar-refractivity contribution in [3.63, 3.8) is 0 Å². The lowest BCUT2D eigenvalue weighted by molar-refractivity contribution is -0.121. The van der Waals surface area contributed by atoms with Crippen LogP contribution in [0.2, 0.25) is 0 Å². The fourth-order valence-corrected chi connectivity index (χ4v) is 6.29. The van der Waals surface area contributed by atoms with Crippen molar-refractivity contribution < 1.29 is 22.7 Å². The summed E-state index contributed by atoms with van der Waals surface area (Å²) in [7, 11) is -2.07. The minimum Gasteiger partial charge on any atom is -0.496 e. The first-order valence-electron chi connectivity index (χ1n) is 12.7. The zero-order valence-corrected chi connectivity index (χ0v) is 22.1. The second-order valence-electron chi connectivity index (χ2n) is 9.63. The molecule has 0 bridgehead atoms. The third-order valence-electron chi connectivity index (χ3n) is 6.93. The van der Waals surface area contributed by atoms with Crippen LogP contribution in [0.5, 0.6) is 5.75 Å². The van der Waals surface area contributed by atoms with Crippen LogP contribution in [0, 0.1) is 5.92 Å². The molecule has 196 valence electrons. The molecule has 36 heavy (non-hydrogen) atoms. The van der Waals surface area contributed by atoms with Crippen molar-refractivity contribution in [2.24, 2.45) is 5.92 Å². The van der Waals surface area contributed by atoms with Crippen LogP contribution in [0.4, 0.5) is 5.69 Å². The lowest BCUT2D eigenvalue weighted by atomic mass is 9.99. The molecule has 9 heteroatoms. The van der Waals surface area contributed by atoms with Gasteiger partial charge in [0.2, 0.25) is 15.9 Å². The minimum atomic E-state index is -3.62. The highest BCUT2D eigenvalue weighted by molar-refractivity contribution is 7.89. The van der Waals surface area contributed by atoms with E-state index in [9.17, 15) is 13.2 Å². The molecule has 8 nitrogen and oxygen atoms in total. The molecule has 2 aliphatic heterocycles. The van der Waals surface area contributed by atoms with Crippen molar-refractivity contribution in [3.8, 4) is 5.75 Å². The molecule has 0 saturated carbocycles. The molecule has 2 fully saturated rings. The highest BCUT2D eigenvalue weighted by atomic mass is 32.2. The van der Waals surface area contributed by atoms with Gasteiger partial charge in [-0.2, -0.15) is 4.31 Å². The third-order valence-corrected chi connectivity index (χ3v) is 8.82. The van der Waals surface area contributed by atoms with Crippen LogP contribution in [0.3, 0.4) is 0 Å². The van der Waals surface area contributed by atoms with Crippen molar-refractivity contribution >= 4 is 21.6 Å². The molecule has 4 rings (SSSR count). The second-order valence-corrected chi connectivity index (χ2v) is 11.6. The number of hydrogen-bond donors (Lipinski definition) is 1. The Hall–Kier alpha value is -2.62. The molecule has 1 N–H and O–H groups in total. The fraction of sp³-hybridized carbons (Fsp3) is 0.519. The summed E-state index contributed by atoms with van der Waals surface area (Å²) in [6.07, 6.45) is 3.14. The van der Waals surface area contributed by atoms with Gasteiger partial charge in [0.25, 0.3) is 0 Å². The molecular weight excluding hydrogens is 478 g/mol. The number of carbonyl (C=O) groups excluding carboxylic acids is 1. The predicted octanol–water partition coefficient (Wildman–Crippen LogP) is 3.20. The van der Waals surface area contributed by atoms with E-state index >= 15 is 0 Å². The van der Waals surface area contributed by atoms with E-state index in [1.165, 1.54) is 22.8 Å². The van der Waals surface area contributed by atoms with E-state index < -0.39 is 10.0 Å². The molecule has 2 aliphatic rings.